The Morgan fingerprint density at radius 2 is 1.83 bits per heavy atom. The lowest BCUT2D eigenvalue weighted by atomic mass is 9.79. The number of carboxylic acid groups (broad SMARTS) is 1. The van der Waals surface area contributed by atoms with Crippen molar-refractivity contribution in [3.63, 3.8) is 0 Å². The Morgan fingerprint density at radius 3 is 2.50 bits per heavy atom. The Morgan fingerprint density at radius 1 is 1.11 bits per heavy atom. The smallest absolute Gasteiger partial charge is 0.335 e. The fraction of sp³-hybridized carbons (Fsp3) is 0.500. The van der Waals surface area contributed by atoms with E-state index in [2.05, 4.69) is 40.4 Å². The summed E-state index contributed by atoms with van der Waals surface area (Å²) < 4.78 is 10.1. The molecule has 2 fully saturated rings. The van der Waals surface area contributed by atoms with Crippen LogP contribution in [0.1, 0.15) is 92.9 Å². The number of aliphatic carboxylic acids is 1. The van der Waals surface area contributed by atoms with Gasteiger partial charge in [-0.1, -0.05) is 44.6 Å². The van der Waals surface area contributed by atoms with Crippen LogP contribution in [-0.2, 0) is 23.2 Å². The Kier molecular flexibility index (Phi) is 8.57. The van der Waals surface area contributed by atoms with Crippen molar-refractivity contribution in [3.05, 3.63) is 78.4 Å². The molecular formula is C28H37N5O3. The van der Waals surface area contributed by atoms with E-state index in [9.17, 15) is 9.90 Å². The van der Waals surface area contributed by atoms with Crippen LogP contribution < -0.4 is 0 Å². The minimum atomic E-state index is -1.07. The summed E-state index contributed by atoms with van der Waals surface area (Å²) in [6.07, 6.45) is 21.1. The largest absolute Gasteiger partial charge is 0.486 e. The first kappa shape index (κ1) is 25.7. The summed E-state index contributed by atoms with van der Waals surface area (Å²) >= 11 is 0. The molecule has 8 heteroatoms. The third kappa shape index (κ3) is 6.04. The number of rotatable bonds is 10. The van der Waals surface area contributed by atoms with E-state index < -0.39 is 5.97 Å². The number of carboxylic acids is 1. The Labute approximate surface area is 213 Å². The van der Waals surface area contributed by atoms with Gasteiger partial charge in [-0.3, -0.25) is 4.68 Å². The minimum Gasteiger partial charge on any atom is -0.486 e. The summed E-state index contributed by atoms with van der Waals surface area (Å²) in [5, 5.41) is 22.8. The van der Waals surface area contributed by atoms with Crippen LogP contribution in [0, 0.1) is 0 Å². The van der Waals surface area contributed by atoms with Crippen LogP contribution in [0.25, 0.3) is 0 Å². The second-order valence-electron chi connectivity index (χ2n) is 9.83. The molecule has 0 atom stereocenters. The van der Waals surface area contributed by atoms with Gasteiger partial charge in [-0.2, -0.15) is 5.10 Å². The summed E-state index contributed by atoms with van der Waals surface area (Å²) in [5.74, 6) is 1.90. The second-order valence-corrected chi connectivity index (χ2v) is 9.83. The maximum Gasteiger partial charge on any atom is 0.335 e. The zero-order chi connectivity index (χ0) is 25.5. The maximum atomic E-state index is 11.3. The SMILES string of the molecule is C=C/C=C(\C=C(/C=C)C(=O)O)OCc1nnc(C2CCC(c3cnn(C4CCCCC4)c3)CC2)n1C. The number of hydrogen-bond donors (Lipinski definition) is 1. The fourth-order valence-electron chi connectivity index (χ4n) is 5.41. The highest BCUT2D eigenvalue weighted by Gasteiger charge is 2.28. The van der Waals surface area contributed by atoms with Crippen molar-refractivity contribution in [1.82, 2.24) is 24.5 Å². The highest BCUT2D eigenvalue weighted by Crippen LogP contribution is 2.40. The van der Waals surface area contributed by atoms with Gasteiger partial charge in [-0.15, -0.1) is 10.2 Å². The highest BCUT2D eigenvalue weighted by atomic mass is 16.5. The molecule has 0 bridgehead atoms. The number of allylic oxidation sites excluding steroid dienone is 3. The summed E-state index contributed by atoms with van der Waals surface area (Å²) in [5.41, 5.74) is 1.42. The van der Waals surface area contributed by atoms with E-state index in [0.717, 1.165) is 31.5 Å². The average Bonchev–Trinajstić information content (AvgIpc) is 3.53. The standard InChI is InChI=1S/C28H37N5O3/c1-4-9-25(16-20(5-2)28(34)35)36-19-26-30-31-27(32(26)3)22-14-12-21(13-15-22)23-17-29-33(18-23)24-10-7-6-8-11-24/h4-5,9,16-18,21-22,24H,1-2,6-8,10-15,19H2,3H3,(H,34,35)/b20-16+,25-9+. The molecule has 0 saturated heterocycles. The summed E-state index contributed by atoms with van der Waals surface area (Å²) in [6, 6.07) is 0.577. The van der Waals surface area contributed by atoms with Crippen LogP contribution in [0.15, 0.2) is 61.2 Å². The van der Waals surface area contributed by atoms with Crippen LogP contribution in [-0.4, -0.2) is 35.6 Å². The van der Waals surface area contributed by atoms with Crippen LogP contribution in [0.2, 0.25) is 0 Å². The van der Waals surface area contributed by atoms with Gasteiger partial charge in [-0.05, 0) is 62.2 Å². The van der Waals surface area contributed by atoms with Gasteiger partial charge in [0.1, 0.15) is 18.2 Å². The average molecular weight is 492 g/mol. The molecule has 2 aromatic rings. The molecular weight excluding hydrogens is 454 g/mol. The fourth-order valence-corrected chi connectivity index (χ4v) is 5.41. The van der Waals surface area contributed by atoms with E-state index in [-0.39, 0.29) is 12.2 Å². The topological polar surface area (TPSA) is 95.1 Å². The third-order valence-corrected chi connectivity index (χ3v) is 7.55. The van der Waals surface area contributed by atoms with E-state index in [1.54, 1.807) is 12.2 Å². The Bertz CT molecular complexity index is 1130. The third-order valence-electron chi connectivity index (χ3n) is 7.55. The molecule has 0 aromatic carbocycles. The first-order chi connectivity index (χ1) is 17.5. The van der Waals surface area contributed by atoms with E-state index >= 15 is 0 Å². The molecule has 2 aromatic heterocycles. The lowest BCUT2D eigenvalue weighted by Crippen LogP contribution is -2.16. The minimum absolute atomic E-state index is 0.0443. The van der Waals surface area contributed by atoms with E-state index in [4.69, 9.17) is 9.84 Å². The Hall–Kier alpha value is -3.42. The molecule has 2 heterocycles. The molecule has 2 aliphatic carbocycles. The molecule has 4 rings (SSSR count). The molecule has 1 N–H and O–H groups in total. The van der Waals surface area contributed by atoms with Crippen molar-refractivity contribution in [2.45, 2.75) is 82.3 Å². The lowest BCUT2D eigenvalue weighted by molar-refractivity contribution is -0.132. The number of hydrogen-bond acceptors (Lipinski definition) is 5. The molecule has 8 nitrogen and oxygen atoms in total. The molecule has 2 aliphatic rings. The molecule has 0 unspecified atom stereocenters. The van der Waals surface area contributed by atoms with Crippen molar-refractivity contribution in [2.24, 2.45) is 7.05 Å². The van der Waals surface area contributed by atoms with Crippen LogP contribution in [0.4, 0.5) is 0 Å². The number of carbonyl (C=O) groups is 1. The van der Waals surface area contributed by atoms with E-state index in [1.807, 2.05) is 11.6 Å². The lowest BCUT2D eigenvalue weighted by Gasteiger charge is -2.27. The van der Waals surface area contributed by atoms with E-state index in [0.29, 0.717) is 29.5 Å². The molecule has 2 saturated carbocycles. The molecule has 0 aliphatic heterocycles. The van der Waals surface area contributed by atoms with Crippen molar-refractivity contribution >= 4 is 5.97 Å². The second kappa shape index (κ2) is 12.0. The molecule has 192 valence electrons. The van der Waals surface area contributed by atoms with Gasteiger partial charge in [0, 0.05) is 19.2 Å². The molecule has 0 amide bonds. The normalized spacial score (nSPS) is 21.8. The van der Waals surface area contributed by atoms with Gasteiger partial charge >= 0.3 is 5.97 Å². The first-order valence-electron chi connectivity index (χ1n) is 12.9. The van der Waals surface area contributed by atoms with Gasteiger partial charge in [-0.25, -0.2) is 4.79 Å². The predicted octanol–water partition coefficient (Wildman–Crippen LogP) is 5.74. The van der Waals surface area contributed by atoms with Crippen molar-refractivity contribution in [1.29, 1.82) is 0 Å². The number of aromatic nitrogens is 5. The zero-order valence-corrected chi connectivity index (χ0v) is 21.2. The van der Waals surface area contributed by atoms with Gasteiger partial charge in [0.25, 0.3) is 0 Å². The van der Waals surface area contributed by atoms with E-state index in [1.165, 1.54) is 49.8 Å². The summed E-state index contributed by atoms with van der Waals surface area (Å²) in [6.45, 7) is 7.39. The zero-order valence-electron chi connectivity index (χ0n) is 21.2. The summed E-state index contributed by atoms with van der Waals surface area (Å²) in [4.78, 5) is 11.3. The predicted molar refractivity (Wildman–Crippen MR) is 138 cm³/mol. The van der Waals surface area contributed by atoms with Gasteiger partial charge in [0.2, 0.25) is 0 Å². The van der Waals surface area contributed by atoms with Gasteiger partial charge in [0.15, 0.2) is 5.82 Å². The van der Waals surface area contributed by atoms with Gasteiger partial charge < -0.3 is 14.4 Å². The maximum absolute atomic E-state index is 11.3. The summed E-state index contributed by atoms with van der Waals surface area (Å²) in [7, 11) is 1.97. The first-order valence-corrected chi connectivity index (χ1v) is 12.9. The number of ether oxygens (including phenoxy) is 1. The van der Waals surface area contributed by atoms with Crippen molar-refractivity contribution < 1.29 is 14.6 Å². The monoisotopic (exact) mass is 491 g/mol. The van der Waals surface area contributed by atoms with Crippen molar-refractivity contribution in [2.75, 3.05) is 0 Å². The Balaban J connectivity index is 1.34. The number of nitrogens with zero attached hydrogens (tertiary/aromatic N) is 5. The van der Waals surface area contributed by atoms with Gasteiger partial charge in [0.05, 0.1) is 17.8 Å². The van der Waals surface area contributed by atoms with Crippen LogP contribution >= 0.6 is 0 Å². The molecule has 36 heavy (non-hydrogen) atoms. The highest BCUT2D eigenvalue weighted by molar-refractivity contribution is 5.90. The molecule has 0 radical (unpaired) electrons. The molecule has 0 spiro atoms. The van der Waals surface area contributed by atoms with Crippen LogP contribution in [0.5, 0.6) is 0 Å². The van der Waals surface area contributed by atoms with Crippen molar-refractivity contribution in [3.8, 4) is 0 Å². The van der Waals surface area contributed by atoms with Crippen LogP contribution in [0.3, 0.4) is 0 Å². The quantitative estimate of drug-likeness (QED) is 0.259.